The first-order valence-electron chi connectivity index (χ1n) is 7.99. The molecule has 1 amide bonds. The first kappa shape index (κ1) is 17.6. The van der Waals surface area contributed by atoms with E-state index in [2.05, 4.69) is 5.10 Å². The van der Waals surface area contributed by atoms with E-state index in [4.69, 9.17) is 18.9 Å². The van der Waals surface area contributed by atoms with Gasteiger partial charge in [-0.05, 0) is 12.1 Å². The van der Waals surface area contributed by atoms with E-state index in [9.17, 15) is 4.79 Å². The molecule has 26 heavy (non-hydrogen) atoms. The van der Waals surface area contributed by atoms with Gasteiger partial charge in [-0.1, -0.05) is 30.3 Å². The minimum absolute atomic E-state index is 0.221. The summed E-state index contributed by atoms with van der Waals surface area (Å²) in [5, 5.41) is 5.66. The van der Waals surface area contributed by atoms with Crippen molar-refractivity contribution >= 4 is 11.8 Å². The molecule has 0 saturated heterocycles. The van der Waals surface area contributed by atoms with Crippen molar-refractivity contribution in [1.82, 2.24) is 5.01 Å². The highest BCUT2D eigenvalue weighted by Crippen LogP contribution is 2.40. The molecule has 0 radical (unpaired) electrons. The molecule has 1 atom stereocenters. The first-order chi connectivity index (χ1) is 12.6. The lowest BCUT2D eigenvalue weighted by Gasteiger charge is -2.19. The van der Waals surface area contributed by atoms with Crippen molar-refractivity contribution in [2.75, 3.05) is 21.3 Å². The van der Waals surface area contributed by atoms with Crippen LogP contribution in [0.2, 0.25) is 0 Å². The predicted molar refractivity (Wildman–Crippen MR) is 95.4 cm³/mol. The normalized spacial score (nSPS) is 15.9. The largest absolute Gasteiger partial charge is 0.493 e. The topological polar surface area (TPSA) is 69.6 Å². The number of hydrazone groups is 1. The van der Waals surface area contributed by atoms with E-state index < -0.39 is 6.23 Å². The predicted octanol–water partition coefficient (Wildman–Crippen LogP) is 2.95. The maximum absolute atomic E-state index is 12.0. The van der Waals surface area contributed by atoms with E-state index in [0.29, 0.717) is 28.7 Å². The minimum Gasteiger partial charge on any atom is -0.493 e. The summed E-state index contributed by atoms with van der Waals surface area (Å²) in [7, 11) is 4.60. The molecule has 0 N–H and O–H groups in total. The number of carbonyl (C=O) groups excluding carboxylic acids is 1. The molecule has 1 aliphatic rings. The molecule has 0 aromatic heterocycles. The standard InChI is InChI=1S/C19H20N2O5/c1-12(22)21-19(13-8-6-5-7-9-13)26-18(20-21)14-10-15(23-2)17(25-4)16(11-14)24-3/h5-11,19H,1-4H3/t19-/m0/s1. The number of carbonyl (C=O) groups is 1. The van der Waals surface area contributed by atoms with Crippen molar-refractivity contribution in [2.45, 2.75) is 13.2 Å². The van der Waals surface area contributed by atoms with Gasteiger partial charge in [-0.25, -0.2) is 0 Å². The van der Waals surface area contributed by atoms with Crippen molar-refractivity contribution in [2.24, 2.45) is 5.10 Å². The monoisotopic (exact) mass is 356 g/mol. The van der Waals surface area contributed by atoms with E-state index >= 15 is 0 Å². The molecular weight excluding hydrogens is 336 g/mol. The fourth-order valence-corrected chi connectivity index (χ4v) is 2.72. The van der Waals surface area contributed by atoms with Crippen LogP contribution in [0, 0.1) is 0 Å². The Bertz CT molecular complexity index is 810. The molecule has 2 aromatic rings. The van der Waals surface area contributed by atoms with Crippen LogP contribution in [0.15, 0.2) is 47.6 Å². The van der Waals surface area contributed by atoms with Crippen LogP contribution in [0.25, 0.3) is 0 Å². The number of nitrogens with zero attached hydrogens (tertiary/aromatic N) is 2. The Morgan fingerprint density at radius 1 is 1.04 bits per heavy atom. The number of benzene rings is 2. The third kappa shape index (κ3) is 3.15. The van der Waals surface area contributed by atoms with Crippen molar-refractivity contribution in [1.29, 1.82) is 0 Å². The molecule has 136 valence electrons. The third-order valence-corrected chi connectivity index (χ3v) is 3.96. The lowest BCUT2D eigenvalue weighted by Crippen LogP contribution is -2.25. The van der Waals surface area contributed by atoms with E-state index in [1.165, 1.54) is 33.3 Å². The van der Waals surface area contributed by atoms with E-state index in [-0.39, 0.29) is 5.91 Å². The Kier molecular flexibility index (Phi) is 4.97. The highest BCUT2D eigenvalue weighted by Gasteiger charge is 2.33. The maximum Gasteiger partial charge on any atom is 0.243 e. The lowest BCUT2D eigenvalue weighted by molar-refractivity contribution is -0.135. The van der Waals surface area contributed by atoms with Crippen LogP contribution < -0.4 is 14.2 Å². The molecule has 3 rings (SSSR count). The molecule has 0 bridgehead atoms. The van der Waals surface area contributed by atoms with Gasteiger partial charge in [0.1, 0.15) is 0 Å². The van der Waals surface area contributed by atoms with E-state index in [1.807, 2.05) is 30.3 Å². The van der Waals surface area contributed by atoms with Crippen LogP contribution in [0.4, 0.5) is 0 Å². The number of hydrogen-bond donors (Lipinski definition) is 0. The number of methoxy groups -OCH3 is 3. The zero-order valence-electron chi connectivity index (χ0n) is 15.1. The second-order valence-electron chi connectivity index (χ2n) is 5.56. The second-order valence-corrected chi connectivity index (χ2v) is 5.56. The highest BCUT2D eigenvalue weighted by molar-refractivity contribution is 5.97. The Balaban J connectivity index is 2.02. The van der Waals surface area contributed by atoms with Gasteiger partial charge in [0.05, 0.1) is 21.3 Å². The number of hydrogen-bond acceptors (Lipinski definition) is 6. The van der Waals surface area contributed by atoms with Crippen molar-refractivity contribution < 1.29 is 23.7 Å². The fraction of sp³-hybridized carbons (Fsp3) is 0.263. The fourth-order valence-electron chi connectivity index (χ4n) is 2.72. The van der Waals surface area contributed by atoms with Crippen molar-refractivity contribution in [3.8, 4) is 17.2 Å². The van der Waals surface area contributed by atoms with Gasteiger partial charge in [0.25, 0.3) is 0 Å². The first-order valence-corrected chi connectivity index (χ1v) is 7.99. The Labute approximate surface area is 151 Å². The van der Waals surface area contributed by atoms with Crippen LogP contribution in [0.1, 0.15) is 24.3 Å². The molecule has 0 saturated carbocycles. The second kappa shape index (κ2) is 7.35. The molecule has 0 aliphatic carbocycles. The van der Waals surface area contributed by atoms with Gasteiger partial charge in [0.15, 0.2) is 11.5 Å². The van der Waals surface area contributed by atoms with Gasteiger partial charge in [0.2, 0.25) is 23.8 Å². The summed E-state index contributed by atoms with van der Waals surface area (Å²) >= 11 is 0. The Morgan fingerprint density at radius 3 is 2.15 bits per heavy atom. The summed E-state index contributed by atoms with van der Waals surface area (Å²) in [4.78, 5) is 12.0. The summed E-state index contributed by atoms with van der Waals surface area (Å²) in [6.07, 6.45) is -0.622. The average molecular weight is 356 g/mol. The van der Waals surface area contributed by atoms with Gasteiger partial charge < -0.3 is 18.9 Å². The van der Waals surface area contributed by atoms with Crippen LogP contribution >= 0.6 is 0 Å². The van der Waals surface area contributed by atoms with Crippen molar-refractivity contribution in [3.05, 3.63) is 53.6 Å². The number of rotatable bonds is 5. The maximum atomic E-state index is 12.0. The summed E-state index contributed by atoms with van der Waals surface area (Å²) < 4.78 is 22.1. The lowest BCUT2D eigenvalue weighted by atomic mass is 10.1. The zero-order valence-corrected chi connectivity index (χ0v) is 15.1. The van der Waals surface area contributed by atoms with Crippen molar-refractivity contribution in [3.63, 3.8) is 0 Å². The molecule has 1 heterocycles. The van der Waals surface area contributed by atoms with E-state index in [0.717, 1.165) is 5.56 Å². The quantitative estimate of drug-likeness (QED) is 0.824. The van der Waals surface area contributed by atoms with Crippen LogP contribution in [0.5, 0.6) is 17.2 Å². The third-order valence-electron chi connectivity index (χ3n) is 3.96. The molecule has 7 nitrogen and oxygen atoms in total. The minimum atomic E-state index is -0.622. The summed E-state index contributed by atoms with van der Waals surface area (Å²) in [5.74, 6) is 1.51. The van der Waals surface area contributed by atoms with E-state index in [1.54, 1.807) is 12.1 Å². The Hall–Kier alpha value is -3.22. The summed E-state index contributed by atoms with van der Waals surface area (Å²) in [5.41, 5.74) is 1.44. The van der Waals surface area contributed by atoms with Gasteiger partial charge in [-0.2, -0.15) is 5.01 Å². The SMILES string of the molecule is COc1cc(C2=NN(C(C)=O)[C@H](c3ccccc3)O2)cc(OC)c1OC. The van der Waals surface area contributed by atoms with Crippen LogP contribution in [0.3, 0.4) is 0 Å². The van der Waals surface area contributed by atoms with Gasteiger partial charge in [-0.15, -0.1) is 5.10 Å². The molecule has 7 heteroatoms. The molecular formula is C19H20N2O5. The highest BCUT2D eigenvalue weighted by atomic mass is 16.5. The molecule has 0 spiro atoms. The summed E-state index contributed by atoms with van der Waals surface area (Å²) in [6, 6.07) is 12.9. The smallest absolute Gasteiger partial charge is 0.243 e. The van der Waals surface area contributed by atoms with Crippen LogP contribution in [-0.4, -0.2) is 38.1 Å². The molecule has 2 aromatic carbocycles. The van der Waals surface area contributed by atoms with Crippen LogP contribution in [-0.2, 0) is 9.53 Å². The summed E-state index contributed by atoms with van der Waals surface area (Å²) in [6.45, 7) is 1.45. The molecule has 0 unspecified atom stereocenters. The average Bonchev–Trinajstić information content (AvgIpc) is 3.13. The van der Waals surface area contributed by atoms with Gasteiger partial charge in [0, 0.05) is 18.1 Å². The molecule has 1 aliphatic heterocycles. The van der Waals surface area contributed by atoms with Gasteiger partial charge in [-0.3, -0.25) is 4.79 Å². The Morgan fingerprint density at radius 2 is 1.65 bits per heavy atom. The van der Waals surface area contributed by atoms with Gasteiger partial charge >= 0.3 is 0 Å². The number of ether oxygens (including phenoxy) is 4. The zero-order chi connectivity index (χ0) is 18.7. The molecule has 0 fully saturated rings. The number of amides is 1.